The highest BCUT2D eigenvalue weighted by Crippen LogP contribution is 2.13. The van der Waals surface area contributed by atoms with Gasteiger partial charge in [0.15, 0.2) is 0 Å². The van der Waals surface area contributed by atoms with Crippen LogP contribution >= 0.6 is 0 Å². The lowest BCUT2D eigenvalue weighted by Crippen LogP contribution is -2.72. The first-order valence-electron chi connectivity index (χ1n) is 5.90. The number of hydrogen-bond donors (Lipinski definition) is 3. The predicted octanol–water partition coefficient (Wildman–Crippen LogP) is -0.201. The number of nitrogens with two attached hydrogens (primary N) is 2. The van der Waals surface area contributed by atoms with Crippen LogP contribution in [-0.2, 0) is 0 Å². The Morgan fingerprint density at radius 3 is 2.39 bits per heavy atom. The largest absolute Gasteiger partial charge is 0.493 e. The van der Waals surface area contributed by atoms with Crippen LogP contribution in [0.3, 0.4) is 0 Å². The summed E-state index contributed by atoms with van der Waals surface area (Å²) < 4.78 is 5.60. The van der Waals surface area contributed by atoms with Gasteiger partial charge in [0.2, 0.25) is 0 Å². The highest BCUT2D eigenvalue weighted by atomic mass is 16.5. The van der Waals surface area contributed by atoms with E-state index in [1.54, 1.807) is 0 Å². The van der Waals surface area contributed by atoms with Crippen molar-refractivity contribution < 1.29 is 9.84 Å². The second-order valence-electron chi connectivity index (χ2n) is 4.49. The monoisotopic (exact) mass is 249 g/mol. The molecule has 0 spiro atoms. The van der Waals surface area contributed by atoms with Crippen molar-refractivity contribution in [2.45, 2.75) is 20.8 Å². The number of nitrogens with one attached hydrogen (secondary N) is 1. The summed E-state index contributed by atoms with van der Waals surface area (Å²) in [5, 5.41) is 6.56. The summed E-state index contributed by atoms with van der Waals surface area (Å²) in [4.78, 5) is 0. The number of rotatable bonds is 5. The van der Waals surface area contributed by atoms with E-state index in [0.29, 0.717) is 12.5 Å². The molecular weight excluding hydrogens is 228 g/mol. The Labute approximate surface area is 108 Å². The minimum Gasteiger partial charge on any atom is -0.493 e. The van der Waals surface area contributed by atoms with Crippen molar-refractivity contribution in [2.24, 2.45) is 22.5 Å². The Balaban J connectivity index is 2.70. The van der Waals surface area contributed by atoms with Crippen LogP contribution in [0.2, 0.25) is 0 Å². The van der Waals surface area contributed by atoms with Crippen molar-refractivity contribution >= 4 is 11.7 Å². The van der Waals surface area contributed by atoms with Gasteiger partial charge in [-0.3, -0.25) is 11.5 Å². The molecule has 1 aromatic rings. The van der Waals surface area contributed by atoms with E-state index in [1.807, 2.05) is 31.2 Å². The zero-order valence-electron chi connectivity index (χ0n) is 11.1. The van der Waals surface area contributed by atoms with Crippen LogP contribution in [0.25, 0.3) is 0 Å². The van der Waals surface area contributed by atoms with E-state index in [1.165, 1.54) is 0 Å². The third-order valence-electron chi connectivity index (χ3n) is 2.21. The maximum atomic E-state index is 5.60. The number of hydrazone groups is 1. The summed E-state index contributed by atoms with van der Waals surface area (Å²) in [7, 11) is 0. The first-order valence-corrected chi connectivity index (χ1v) is 5.90. The van der Waals surface area contributed by atoms with Gasteiger partial charge in [0.25, 0.3) is 0 Å². The van der Waals surface area contributed by atoms with Crippen molar-refractivity contribution in [3.63, 3.8) is 0 Å². The fourth-order valence-electron chi connectivity index (χ4n) is 1.27. The van der Waals surface area contributed by atoms with E-state index < -0.39 is 0 Å². The molecule has 5 N–H and O–H groups in total. The molecule has 0 radical (unpaired) electrons. The average molecular weight is 249 g/mol. The molecule has 5 heteroatoms. The molecule has 0 aromatic heterocycles. The Morgan fingerprint density at radius 1 is 1.28 bits per heavy atom. The van der Waals surface area contributed by atoms with E-state index >= 15 is 0 Å². The maximum absolute atomic E-state index is 5.60. The van der Waals surface area contributed by atoms with E-state index in [9.17, 15) is 0 Å². The maximum Gasteiger partial charge on any atom is 0.362 e. The van der Waals surface area contributed by atoms with Gasteiger partial charge < -0.3 is 4.74 Å². The zero-order valence-corrected chi connectivity index (χ0v) is 11.1. The fraction of sp³-hybridized carbons (Fsp3) is 0.385. The van der Waals surface area contributed by atoms with Gasteiger partial charge in [-0.25, -0.2) is 0 Å². The van der Waals surface area contributed by atoms with Crippen LogP contribution in [0.4, 0.5) is 0 Å². The molecule has 0 aliphatic rings. The highest BCUT2D eigenvalue weighted by Gasteiger charge is 2.00. The van der Waals surface area contributed by atoms with Crippen LogP contribution in [0.1, 0.15) is 26.3 Å². The van der Waals surface area contributed by atoms with Gasteiger partial charge in [-0.2, -0.15) is 5.10 Å². The minimum absolute atomic E-state index is 0.0752. The van der Waals surface area contributed by atoms with Crippen LogP contribution in [0.15, 0.2) is 29.4 Å². The van der Waals surface area contributed by atoms with Crippen LogP contribution in [0.5, 0.6) is 5.75 Å². The molecule has 0 heterocycles. The van der Waals surface area contributed by atoms with E-state index in [2.05, 4.69) is 24.1 Å². The number of benzene rings is 1. The third kappa shape index (κ3) is 4.86. The van der Waals surface area contributed by atoms with Crippen molar-refractivity contribution in [1.29, 1.82) is 0 Å². The number of nitrogens with zero attached hydrogens (tertiary/aromatic N) is 1. The zero-order chi connectivity index (χ0) is 13.5. The van der Waals surface area contributed by atoms with Gasteiger partial charge in [0.05, 0.1) is 12.3 Å². The lowest BCUT2D eigenvalue weighted by Gasteiger charge is -2.08. The molecule has 0 atom stereocenters. The van der Waals surface area contributed by atoms with Gasteiger partial charge >= 0.3 is 5.96 Å². The molecule has 0 fully saturated rings. The molecule has 0 bridgehead atoms. The summed E-state index contributed by atoms with van der Waals surface area (Å²) >= 11 is 0. The first-order chi connectivity index (χ1) is 8.49. The van der Waals surface area contributed by atoms with Gasteiger partial charge in [-0.05, 0) is 42.7 Å². The van der Waals surface area contributed by atoms with Gasteiger partial charge in [0, 0.05) is 0 Å². The SMILES string of the molecule is C/C(=N/[NH+]=C(N)N)c1ccc(OCC(C)C)cc1. The van der Waals surface area contributed by atoms with Crippen LogP contribution in [-0.4, -0.2) is 18.3 Å². The lowest BCUT2D eigenvalue weighted by molar-refractivity contribution is -0.464. The van der Waals surface area contributed by atoms with Crippen molar-refractivity contribution in [3.8, 4) is 5.75 Å². The quantitative estimate of drug-likeness (QED) is 0.383. The Morgan fingerprint density at radius 2 is 1.89 bits per heavy atom. The molecule has 1 aromatic carbocycles. The molecular formula is C13H21N4O+. The average Bonchev–Trinajstić information content (AvgIpc) is 2.34. The molecule has 5 nitrogen and oxygen atoms in total. The number of ether oxygens (including phenoxy) is 1. The van der Waals surface area contributed by atoms with E-state index in [4.69, 9.17) is 16.2 Å². The topological polar surface area (TPSA) is 87.6 Å². The second-order valence-corrected chi connectivity index (χ2v) is 4.49. The molecule has 98 valence electrons. The third-order valence-corrected chi connectivity index (χ3v) is 2.21. The predicted molar refractivity (Wildman–Crippen MR) is 73.3 cm³/mol. The van der Waals surface area contributed by atoms with E-state index in [0.717, 1.165) is 17.0 Å². The Hall–Kier alpha value is -2.04. The summed E-state index contributed by atoms with van der Waals surface area (Å²) in [6, 6.07) is 7.74. The number of hydrogen-bond acceptors (Lipinski definition) is 2. The normalized spacial score (nSPS) is 11.4. The highest BCUT2D eigenvalue weighted by molar-refractivity contribution is 5.98. The molecule has 0 amide bonds. The standard InChI is InChI=1S/C13H20N4O/c1-9(2)8-18-12-6-4-11(5-7-12)10(3)16-17-13(14)15/h4-7,9H,8H2,1-3H3,(H4,14,15,17)/p+1/b16-10-. The summed E-state index contributed by atoms with van der Waals surface area (Å²) in [6.07, 6.45) is 0. The van der Waals surface area contributed by atoms with E-state index in [-0.39, 0.29) is 5.96 Å². The molecule has 0 saturated carbocycles. The smallest absolute Gasteiger partial charge is 0.362 e. The summed E-state index contributed by atoms with van der Waals surface area (Å²) in [6.45, 7) is 6.82. The van der Waals surface area contributed by atoms with Crippen molar-refractivity contribution in [3.05, 3.63) is 29.8 Å². The molecule has 18 heavy (non-hydrogen) atoms. The van der Waals surface area contributed by atoms with Gasteiger partial charge in [-0.1, -0.05) is 13.8 Å². The molecule has 0 aliphatic heterocycles. The number of guanidine groups is 1. The summed E-state index contributed by atoms with van der Waals surface area (Å²) in [5.74, 6) is 1.45. The molecule has 0 unspecified atom stereocenters. The minimum atomic E-state index is 0.0752. The molecule has 0 aliphatic carbocycles. The van der Waals surface area contributed by atoms with Crippen LogP contribution < -0.4 is 21.3 Å². The van der Waals surface area contributed by atoms with Crippen LogP contribution in [0, 0.1) is 5.92 Å². The molecule has 1 rings (SSSR count). The molecule has 0 saturated heterocycles. The first kappa shape index (κ1) is 14.0. The van der Waals surface area contributed by atoms with Crippen molar-refractivity contribution in [2.75, 3.05) is 6.61 Å². The van der Waals surface area contributed by atoms with Crippen molar-refractivity contribution in [1.82, 2.24) is 0 Å². The Bertz CT molecular complexity index is 431. The van der Waals surface area contributed by atoms with Gasteiger partial charge in [0.1, 0.15) is 5.75 Å². The fourth-order valence-corrected chi connectivity index (χ4v) is 1.27. The summed E-state index contributed by atoms with van der Waals surface area (Å²) in [5.41, 5.74) is 12.3. The Kier molecular flexibility index (Phi) is 5.17. The second kappa shape index (κ2) is 6.64. The van der Waals surface area contributed by atoms with Gasteiger partial charge in [-0.15, -0.1) is 5.10 Å². The lowest BCUT2D eigenvalue weighted by atomic mass is 10.1.